The fraction of sp³-hybridized carbons (Fsp3) is 0.333. The molecule has 0 unspecified atom stereocenters. The third-order valence-electron chi connectivity index (χ3n) is 8.32. The van der Waals surface area contributed by atoms with Gasteiger partial charge in [-0.1, -0.05) is 104 Å². The van der Waals surface area contributed by atoms with Crippen molar-refractivity contribution in [3.8, 4) is 22.5 Å². The van der Waals surface area contributed by atoms with Gasteiger partial charge in [0.25, 0.3) is 0 Å². The van der Waals surface area contributed by atoms with Crippen LogP contribution >= 0.6 is 0 Å². The van der Waals surface area contributed by atoms with Crippen LogP contribution in [0.2, 0.25) is 0 Å². The van der Waals surface area contributed by atoms with Crippen LogP contribution in [0.15, 0.2) is 66.7 Å². The van der Waals surface area contributed by atoms with E-state index in [0.29, 0.717) is 0 Å². The molecule has 0 saturated carbocycles. The summed E-state index contributed by atoms with van der Waals surface area (Å²) in [6, 6.07) is 24.8. The number of hydrogen-bond acceptors (Lipinski definition) is 2. The molecule has 1 aromatic heterocycles. The lowest BCUT2D eigenvalue weighted by Gasteiger charge is -2.28. The lowest BCUT2D eigenvalue weighted by molar-refractivity contribution is 0.595. The summed E-state index contributed by atoms with van der Waals surface area (Å²) in [5, 5.41) is 5.24. The van der Waals surface area contributed by atoms with E-state index in [0.717, 1.165) is 17.2 Å². The number of aryl methyl sites for hydroxylation is 1. The second-order valence-corrected chi connectivity index (χ2v) is 13.6. The first kappa shape index (κ1) is 24.8. The van der Waals surface area contributed by atoms with Crippen LogP contribution in [0.5, 0.6) is 0 Å². The van der Waals surface area contributed by atoms with Crippen LogP contribution in [0.4, 0.5) is 0 Å². The lowest BCUT2D eigenvalue weighted by Crippen LogP contribution is -2.19. The molecule has 38 heavy (non-hydrogen) atoms. The Morgan fingerprint density at radius 2 is 1.16 bits per heavy atom. The number of hydrogen-bond donors (Lipinski definition) is 0. The molecule has 0 radical (unpaired) electrons. The van der Waals surface area contributed by atoms with Crippen molar-refractivity contribution in [2.75, 3.05) is 0 Å². The smallest absolute Gasteiger partial charge is 0.126 e. The van der Waals surface area contributed by atoms with Crippen LogP contribution in [0, 0.1) is 6.92 Å². The maximum Gasteiger partial charge on any atom is 0.126 e. The van der Waals surface area contributed by atoms with E-state index in [9.17, 15) is 0 Å². The molecule has 0 aliphatic heterocycles. The van der Waals surface area contributed by atoms with E-state index in [1.54, 1.807) is 0 Å². The zero-order valence-electron chi connectivity index (χ0n) is 24.2. The molecule has 0 fully saturated rings. The number of benzene rings is 4. The van der Waals surface area contributed by atoms with Gasteiger partial charge in [-0.25, -0.2) is 9.97 Å². The minimum atomic E-state index is -0.239. The van der Waals surface area contributed by atoms with Gasteiger partial charge in [0.15, 0.2) is 0 Å². The molecule has 1 aliphatic carbocycles. The van der Waals surface area contributed by atoms with Gasteiger partial charge < -0.3 is 0 Å². The second kappa shape index (κ2) is 7.99. The Morgan fingerprint density at radius 1 is 0.605 bits per heavy atom. The highest BCUT2D eigenvalue weighted by atomic mass is 14.9. The van der Waals surface area contributed by atoms with Gasteiger partial charge in [0, 0.05) is 22.1 Å². The molecule has 0 bridgehead atoms. The average molecular weight is 499 g/mol. The Labute approximate surface area is 227 Å². The maximum atomic E-state index is 5.16. The summed E-state index contributed by atoms with van der Waals surface area (Å²) >= 11 is 0. The first-order valence-electron chi connectivity index (χ1n) is 13.8. The van der Waals surface area contributed by atoms with Gasteiger partial charge >= 0.3 is 0 Å². The Bertz CT molecular complexity index is 1760. The van der Waals surface area contributed by atoms with Crippen molar-refractivity contribution in [2.24, 2.45) is 0 Å². The molecule has 0 saturated heterocycles. The molecule has 2 heteroatoms. The predicted octanol–water partition coefficient (Wildman–Crippen LogP) is 9.66. The summed E-state index contributed by atoms with van der Waals surface area (Å²) in [6.07, 6.45) is 0. The zero-order valence-corrected chi connectivity index (χ0v) is 24.2. The summed E-state index contributed by atoms with van der Waals surface area (Å²) in [7, 11) is 0. The molecule has 5 aromatic rings. The summed E-state index contributed by atoms with van der Waals surface area (Å²) in [6.45, 7) is 20.6. The molecule has 1 heterocycles. The third kappa shape index (κ3) is 3.61. The van der Waals surface area contributed by atoms with Crippen molar-refractivity contribution in [3.05, 3.63) is 94.8 Å². The monoisotopic (exact) mass is 498 g/mol. The van der Waals surface area contributed by atoms with Gasteiger partial charge in [0.1, 0.15) is 5.82 Å². The van der Waals surface area contributed by atoms with Crippen molar-refractivity contribution < 1.29 is 0 Å². The Morgan fingerprint density at radius 3 is 1.82 bits per heavy atom. The molecule has 0 N–H and O–H groups in total. The fourth-order valence-corrected chi connectivity index (χ4v) is 6.62. The van der Waals surface area contributed by atoms with Crippen LogP contribution < -0.4 is 0 Å². The van der Waals surface area contributed by atoms with E-state index >= 15 is 0 Å². The minimum Gasteiger partial charge on any atom is -0.233 e. The molecule has 0 spiro atoms. The molecule has 0 amide bonds. The Hall–Kier alpha value is -3.52. The number of fused-ring (bicyclic) bond motifs is 6. The highest BCUT2D eigenvalue weighted by Gasteiger charge is 2.42. The highest BCUT2D eigenvalue weighted by Crippen LogP contribution is 2.55. The quantitative estimate of drug-likeness (QED) is 0.230. The van der Waals surface area contributed by atoms with E-state index in [2.05, 4.69) is 122 Å². The Balaban J connectivity index is 1.72. The molecule has 6 rings (SSSR count). The maximum absolute atomic E-state index is 5.16. The van der Waals surface area contributed by atoms with Crippen LogP contribution in [0.25, 0.3) is 44.1 Å². The van der Waals surface area contributed by atoms with Gasteiger partial charge in [-0.3, -0.25) is 0 Å². The van der Waals surface area contributed by atoms with Gasteiger partial charge in [0.05, 0.1) is 11.4 Å². The Kier molecular flexibility index (Phi) is 5.21. The summed E-state index contributed by atoms with van der Waals surface area (Å²) in [4.78, 5) is 10.3. The molecular formula is C36H38N2. The minimum absolute atomic E-state index is 0.0111. The first-order valence-corrected chi connectivity index (χ1v) is 13.8. The van der Waals surface area contributed by atoms with Gasteiger partial charge in [0.2, 0.25) is 0 Å². The van der Waals surface area contributed by atoms with Crippen LogP contribution in [-0.4, -0.2) is 9.97 Å². The average Bonchev–Trinajstić information content (AvgIpc) is 3.07. The largest absolute Gasteiger partial charge is 0.233 e. The van der Waals surface area contributed by atoms with E-state index in [-0.39, 0.29) is 16.2 Å². The molecule has 0 atom stereocenters. The van der Waals surface area contributed by atoms with Gasteiger partial charge in [-0.15, -0.1) is 0 Å². The highest BCUT2D eigenvalue weighted by molar-refractivity contribution is 6.01. The summed E-state index contributed by atoms with van der Waals surface area (Å²) in [5.41, 5.74) is 9.72. The fourth-order valence-electron chi connectivity index (χ4n) is 6.62. The van der Waals surface area contributed by atoms with Crippen LogP contribution in [-0.2, 0) is 16.2 Å². The molecule has 192 valence electrons. The third-order valence-corrected chi connectivity index (χ3v) is 8.32. The summed E-state index contributed by atoms with van der Waals surface area (Å²) in [5.74, 6) is 0.818. The van der Waals surface area contributed by atoms with Crippen molar-refractivity contribution in [1.29, 1.82) is 0 Å². The lowest BCUT2D eigenvalue weighted by atomic mass is 9.75. The second-order valence-electron chi connectivity index (χ2n) is 13.6. The number of nitrogens with zero attached hydrogens (tertiary/aromatic N) is 2. The number of aromatic nitrogens is 2. The normalized spacial score (nSPS) is 14.7. The van der Waals surface area contributed by atoms with Crippen molar-refractivity contribution in [2.45, 2.75) is 78.6 Å². The molecule has 2 nitrogen and oxygen atoms in total. The SMILES string of the molecule is Cc1nc(-c2cc(C(C)(C)C)c3ccccc3c2)c2c(n1)-c1cc(C(C)(C)C)c3ccccc3c1C2(C)C. The molecular weight excluding hydrogens is 460 g/mol. The van der Waals surface area contributed by atoms with Gasteiger partial charge in [-0.05, 0) is 74.2 Å². The van der Waals surface area contributed by atoms with E-state index in [1.807, 2.05) is 6.92 Å². The molecule has 1 aliphatic rings. The van der Waals surface area contributed by atoms with E-state index < -0.39 is 0 Å². The number of rotatable bonds is 1. The zero-order chi connectivity index (χ0) is 27.2. The molecule has 4 aromatic carbocycles. The van der Waals surface area contributed by atoms with Crippen molar-refractivity contribution >= 4 is 21.5 Å². The predicted molar refractivity (Wildman–Crippen MR) is 162 cm³/mol. The van der Waals surface area contributed by atoms with Crippen molar-refractivity contribution in [3.63, 3.8) is 0 Å². The summed E-state index contributed by atoms with van der Waals surface area (Å²) < 4.78 is 0. The van der Waals surface area contributed by atoms with E-state index in [4.69, 9.17) is 9.97 Å². The van der Waals surface area contributed by atoms with Crippen LogP contribution in [0.1, 0.15) is 83.5 Å². The topological polar surface area (TPSA) is 25.8 Å². The first-order chi connectivity index (χ1) is 17.8. The standard InChI is InChI=1S/C36H38N2/c1-21-37-32(23-18-22-14-10-11-15-24(22)28(19-23)34(2,3)4)31-33(38-21)27-20-29(35(5,6)7)25-16-12-13-17-26(25)30(27)36(31,8)9/h10-20H,1-9H3. The van der Waals surface area contributed by atoms with Gasteiger partial charge in [-0.2, -0.15) is 0 Å². The van der Waals surface area contributed by atoms with Crippen LogP contribution in [0.3, 0.4) is 0 Å². The van der Waals surface area contributed by atoms with Crippen molar-refractivity contribution in [1.82, 2.24) is 9.97 Å². The van der Waals surface area contributed by atoms with E-state index in [1.165, 1.54) is 54.9 Å².